The number of ether oxygens (including phenoxy) is 1. The first-order valence-corrected chi connectivity index (χ1v) is 14.3. The van der Waals surface area contributed by atoms with E-state index in [1.54, 1.807) is 35.3 Å². The molecule has 2 atom stereocenters. The number of benzene rings is 3. The minimum atomic E-state index is -3.70. The van der Waals surface area contributed by atoms with Crippen LogP contribution in [0.2, 0.25) is 0 Å². The van der Waals surface area contributed by atoms with Crippen LogP contribution in [0.3, 0.4) is 0 Å². The van der Waals surface area contributed by atoms with Crippen molar-refractivity contribution in [3.63, 3.8) is 0 Å². The topological polar surface area (TPSA) is 115 Å². The third-order valence-electron chi connectivity index (χ3n) is 7.48. The van der Waals surface area contributed by atoms with Crippen LogP contribution in [-0.2, 0) is 34.8 Å². The lowest BCUT2D eigenvalue weighted by atomic mass is 9.86. The quantitative estimate of drug-likeness (QED) is 0.367. The first-order valence-electron chi connectivity index (χ1n) is 12.8. The molecular formula is C29H32N4O5S. The molecule has 0 aliphatic carbocycles. The number of carboxylic acid groups (broad SMARTS) is 1. The molecule has 0 saturated carbocycles. The van der Waals surface area contributed by atoms with Crippen molar-refractivity contribution < 1.29 is 23.1 Å². The molecule has 1 N–H and O–H groups in total. The average Bonchev–Trinajstić information content (AvgIpc) is 3.24. The number of nitrogens with zero attached hydrogens (tertiary/aromatic N) is 4. The molecule has 0 saturated heterocycles. The molecule has 10 heteroatoms. The minimum Gasteiger partial charge on any atom is -0.494 e. The van der Waals surface area contributed by atoms with E-state index in [0.717, 1.165) is 33.3 Å². The number of rotatable bonds is 7. The van der Waals surface area contributed by atoms with Gasteiger partial charge >= 0.3 is 5.97 Å². The Balaban J connectivity index is 1.56. The summed E-state index contributed by atoms with van der Waals surface area (Å²) in [6, 6.07) is 16.7. The molecule has 1 aliphatic rings. The number of hydrogen-bond acceptors (Lipinski definition) is 6. The molecule has 204 valence electrons. The maximum atomic E-state index is 13.7. The van der Waals surface area contributed by atoms with Crippen LogP contribution in [0, 0.1) is 12.8 Å². The van der Waals surface area contributed by atoms with E-state index in [4.69, 9.17) is 4.74 Å². The van der Waals surface area contributed by atoms with E-state index in [1.165, 1.54) is 0 Å². The van der Waals surface area contributed by atoms with Gasteiger partial charge in [-0.2, -0.15) is 4.31 Å². The van der Waals surface area contributed by atoms with Gasteiger partial charge in [-0.3, -0.25) is 4.79 Å². The number of fused-ring (bicyclic) bond motifs is 2. The van der Waals surface area contributed by atoms with Crippen LogP contribution in [-0.4, -0.2) is 52.4 Å². The van der Waals surface area contributed by atoms with Crippen LogP contribution in [0.15, 0.2) is 59.5 Å². The van der Waals surface area contributed by atoms with Gasteiger partial charge in [-0.25, -0.2) is 13.1 Å². The molecule has 0 fully saturated rings. The molecular weight excluding hydrogens is 516 g/mol. The summed E-state index contributed by atoms with van der Waals surface area (Å²) in [7, 11) is -0.367. The normalized spacial score (nSPS) is 17.9. The molecule has 0 spiro atoms. The number of aryl methyl sites for hydroxylation is 2. The van der Waals surface area contributed by atoms with Gasteiger partial charge in [-0.15, -0.1) is 5.10 Å². The number of sulfonamides is 1. The molecule has 0 amide bonds. The molecule has 0 bridgehead atoms. The maximum Gasteiger partial charge on any atom is 0.304 e. The number of aliphatic carboxylic acids is 1. The number of methoxy groups -OCH3 is 1. The van der Waals surface area contributed by atoms with Crippen molar-refractivity contribution in [2.75, 3.05) is 13.7 Å². The van der Waals surface area contributed by atoms with Crippen molar-refractivity contribution in [1.29, 1.82) is 0 Å². The number of hydrogen-bond donors (Lipinski definition) is 1. The van der Waals surface area contributed by atoms with Crippen LogP contribution in [0.4, 0.5) is 0 Å². The molecule has 3 aromatic carbocycles. The second kappa shape index (κ2) is 10.4. The molecule has 9 nitrogen and oxygen atoms in total. The van der Waals surface area contributed by atoms with Gasteiger partial charge in [0.1, 0.15) is 16.8 Å². The van der Waals surface area contributed by atoms with Gasteiger partial charge in [0.15, 0.2) is 0 Å². The van der Waals surface area contributed by atoms with E-state index in [2.05, 4.69) is 17.2 Å². The summed E-state index contributed by atoms with van der Waals surface area (Å²) in [6.07, 6.45) is 0.544. The lowest BCUT2D eigenvalue weighted by molar-refractivity contribution is -0.137. The Morgan fingerprint density at radius 2 is 1.92 bits per heavy atom. The van der Waals surface area contributed by atoms with E-state index in [-0.39, 0.29) is 18.9 Å². The monoisotopic (exact) mass is 548 g/mol. The van der Waals surface area contributed by atoms with E-state index in [0.29, 0.717) is 29.1 Å². The van der Waals surface area contributed by atoms with Gasteiger partial charge in [0.05, 0.1) is 18.4 Å². The smallest absolute Gasteiger partial charge is 0.304 e. The summed E-state index contributed by atoms with van der Waals surface area (Å²) >= 11 is 0. The number of carboxylic acids is 1. The van der Waals surface area contributed by atoms with Gasteiger partial charge in [-0.05, 0) is 65.3 Å². The van der Waals surface area contributed by atoms with Crippen LogP contribution in [0.25, 0.3) is 11.0 Å². The number of aromatic nitrogens is 3. The number of carbonyl (C=O) groups is 1. The fraction of sp³-hybridized carbons (Fsp3) is 0.345. The first kappa shape index (κ1) is 26.8. The molecule has 39 heavy (non-hydrogen) atoms. The largest absolute Gasteiger partial charge is 0.494 e. The molecule has 2 unspecified atom stereocenters. The Kier molecular flexibility index (Phi) is 7.17. The first-order chi connectivity index (χ1) is 18.6. The van der Waals surface area contributed by atoms with E-state index in [1.807, 2.05) is 49.4 Å². The van der Waals surface area contributed by atoms with Gasteiger partial charge in [-0.1, -0.05) is 48.5 Å². The summed E-state index contributed by atoms with van der Waals surface area (Å²) in [6.45, 7) is 4.61. The summed E-state index contributed by atoms with van der Waals surface area (Å²) in [5.74, 6) is -0.734. The lowest BCUT2D eigenvalue weighted by Gasteiger charge is -2.24. The van der Waals surface area contributed by atoms with Crippen LogP contribution < -0.4 is 4.74 Å². The van der Waals surface area contributed by atoms with Gasteiger partial charge in [0.2, 0.25) is 10.0 Å². The second-order valence-electron chi connectivity index (χ2n) is 10.4. The van der Waals surface area contributed by atoms with Gasteiger partial charge < -0.3 is 9.84 Å². The lowest BCUT2D eigenvalue weighted by Crippen LogP contribution is -2.33. The molecule has 1 aliphatic heterocycles. The highest BCUT2D eigenvalue weighted by molar-refractivity contribution is 7.89. The van der Waals surface area contributed by atoms with Crippen molar-refractivity contribution in [3.8, 4) is 5.75 Å². The van der Waals surface area contributed by atoms with Crippen LogP contribution in [0.1, 0.15) is 47.1 Å². The zero-order valence-electron chi connectivity index (χ0n) is 22.5. The Labute approximate surface area is 228 Å². The van der Waals surface area contributed by atoms with Crippen molar-refractivity contribution in [3.05, 3.63) is 82.4 Å². The van der Waals surface area contributed by atoms with Crippen LogP contribution in [0.5, 0.6) is 5.75 Å². The summed E-state index contributed by atoms with van der Waals surface area (Å²) in [5, 5.41) is 18.1. The average molecular weight is 549 g/mol. The SMILES string of the molecule is COc1cc(C(CC(=O)O)c2ccc(C)c(CN3CC(C)Cc4ccccc4S3(=O)=O)c2)cc2nnn(C)c12. The highest BCUT2D eigenvalue weighted by Gasteiger charge is 2.32. The Morgan fingerprint density at radius 3 is 2.67 bits per heavy atom. The summed E-state index contributed by atoms with van der Waals surface area (Å²) < 4.78 is 36.1. The Hall–Kier alpha value is -3.76. The third kappa shape index (κ3) is 5.14. The predicted octanol–water partition coefficient (Wildman–Crippen LogP) is 4.28. The predicted molar refractivity (Wildman–Crippen MR) is 147 cm³/mol. The van der Waals surface area contributed by atoms with Crippen molar-refractivity contribution in [2.45, 2.75) is 44.0 Å². The fourth-order valence-electron chi connectivity index (χ4n) is 5.50. The van der Waals surface area contributed by atoms with Crippen molar-refractivity contribution in [1.82, 2.24) is 19.3 Å². The Bertz CT molecular complexity index is 1660. The molecule has 0 radical (unpaired) electrons. The van der Waals surface area contributed by atoms with Crippen molar-refractivity contribution >= 4 is 27.0 Å². The van der Waals surface area contributed by atoms with Gasteiger partial charge in [0, 0.05) is 26.1 Å². The van der Waals surface area contributed by atoms with Gasteiger partial charge in [0.25, 0.3) is 0 Å². The molecule has 5 rings (SSSR count). The summed E-state index contributed by atoms with van der Waals surface area (Å²) in [4.78, 5) is 12.3. The van der Waals surface area contributed by atoms with Crippen molar-refractivity contribution in [2.24, 2.45) is 13.0 Å². The highest BCUT2D eigenvalue weighted by atomic mass is 32.2. The van der Waals surface area contributed by atoms with E-state index < -0.39 is 21.9 Å². The molecule has 1 aromatic heterocycles. The Morgan fingerprint density at radius 1 is 1.15 bits per heavy atom. The fourth-order valence-corrected chi connectivity index (χ4v) is 7.27. The summed E-state index contributed by atoms with van der Waals surface area (Å²) in [5.41, 5.74) is 5.47. The zero-order chi connectivity index (χ0) is 27.9. The zero-order valence-corrected chi connectivity index (χ0v) is 23.3. The second-order valence-corrected chi connectivity index (χ2v) is 12.3. The third-order valence-corrected chi connectivity index (χ3v) is 9.40. The minimum absolute atomic E-state index is 0.149. The van der Waals surface area contributed by atoms with E-state index >= 15 is 0 Å². The molecule has 4 aromatic rings. The standard InChI is InChI=1S/C29H32N4O5S/c1-18-11-21-7-5-6-8-27(21)39(36,37)33(16-18)17-23-12-20(10-9-19(23)2)24(15-28(34)35)22-13-25-29(26(14-22)38-4)32(3)31-30-25/h5-10,12-14,18,24H,11,15-17H2,1-4H3,(H,34,35). The van der Waals surface area contributed by atoms with E-state index in [9.17, 15) is 18.3 Å². The van der Waals surface area contributed by atoms with Crippen LogP contribution >= 0.6 is 0 Å². The highest BCUT2D eigenvalue weighted by Crippen LogP contribution is 2.36. The molecule has 2 heterocycles. The maximum absolute atomic E-state index is 13.7.